The first-order valence-electron chi connectivity index (χ1n) is 9.18. The van der Waals surface area contributed by atoms with Crippen molar-refractivity contribution in [2.24, 2.45) is 5.10 Å². The van der Waals surface area contributed by atoms with Gasteiger partial charge in [0, 0.05) is 19.3 Å². The van der Waals surface area contributed by atoms with Crippen LogP contribution in [0.4, 0.5) is 5.69 Å². The summed E-state index contributed by atoms with van der Waals surface area (Å²) in [4.78, 5) is 35.2. The predicted molar refractivity (Wildman–Crippen MR) is 112 cm³/mol. The Kier molecular flexibility index (Phi) is 9.01. The van der Waals surface area contributed by atoms with Crippen molar-refractivity contribution in [1.29, 1.82) is 0 Å². The van der Waals surface area contributed by atoms with Gasteiger partial charge < -0.3 is 20.1 Å². The maximum absolute atomic E-state index is 12.1. The smallest absolute Gasteiger partial charge is 0.329 e. The van der Waals surface area contributed by atoms with Gasteiger partial charge in [-0.25, -0.2) is 5.43 Å². The van der Waals surface area contributed by atoms with Crippen LogP contribution in [0.15, 0.2) is 53.6 Å². The number of nitrogens with zero attached hydrogens (tertiary/aromatic N) is 1. The average molecular weight is 412 g/mol. The molecule has 0 saturated carbocycles. The van der Waals surface area contributed by atoms with Gasteiger partial charge in [0.15, 0.2) is 6.61 Å². The number of amides is 3. The summed E-state index contributed by atoms with van der Waals surface area (Å²) in [6.45, 7) is 2.27. The Labute approximate surface area is 174 Å². The fourth-order valence-corrected chi connectivity index (χ4v) is 2.30. The Morgan fingerprint density at radius 1 is 1.07 bits per heavy atom. The maximum atomic E-state index is 12.1. The van der Waals surface area contributed by atoms with E-state index in [2.05, 4.69) is 21.2 Å². The zero-order valence-corrected chi connectivity index (χ0v) is 16.8. The van der Waals surface area contributed by atoms with Crippen LogP contribution in [0.2, 0.25) is 0 Å². The molecule has 0 bridgehead atoms. The molecule has 2 aromatic rings. The minimum atomic E-state index is -0.886. The lowest BCUT2D eigenvalue weighted by atomic mass is 10.2. The molecule has 0 radical (unpaired) electrons. The summed E-state index contributed by atoms with van der Waals surface area (Å²) in [7, 11) is 1.49. The number of benzene rings is 2. The molecular weight excluding hydrogens is 388 g/mol. The second-order valence-corrected chi connectivity index (χ2v) is 6.17. The molecule has 0 aliphatic carbocycles. The molecule has 0 fully saturated rings. The van der Waals surface area contributed by atoms with Gasteiger partial charge in [0.25, 0.3) is 5.91 Å². The number of aryl methyl sites for hydroxylation is 1. The molecule has 9 heteroatoms. The van der Waals surface area contributed by atoms with Crippen molar-refractivity contribution in [2.45, 2.75) is 6.92 Å². The van der Waals surface area contributed by atoms with Gasteiger partial charge in [-0.15, -0.1) is 0 Å². The molecule has 3 amide bonds. The first-order valence-corrected chi connectivity index (χ1v) is 9.18. The highest BCUT2D eigenvalue weighted by molar-refractivity contribution is 6.35. The fraction of sp³-hybridized carbons (Fsp3) is 0.238. The average Bonchev–Trinajstić information content (AvgIpc) is 2.74. The molecule has 0 unspecified atom stereocenters. The fourth-order valence-electron chi connectivity index (χ4n) is 2.30. The number of carbonyl (C=O) groups excluding carboxylic acids is 3. The van der Waals surface area contributed by atoms with Crippen molar-refractivity contribution in [3.05, 3.63) is 59.7 Å². The largest absolute Gasteiger partial charge is 0.484 e. The molecule has 2 rings (SSSR count). The third-order valence-electron chi connectivity index (χ3n) is 3.82. The number of nitrogens with one attached hydrogen (secondary N) is 3. The summed E-state index contributed by atoms with van der Waals surface area (Å²) < 4.78 is 10.3. The third-order valence-corrected chi connectivity index (χ3v) is 3.82. The summed E-state index contributed by atoms with van der Waals surface area (Å²) in [5, 5.41) is 8.91. The Morgan fingerprint density at radius 3 is 2.63 bits per heavy atom. The molecule has 158 valence electrons. The van der Waals surface area contributed by atoms with Crippen molar-refractivity contribution in [3.63, 3.8) is 0 Å². The molecule has 0 aromatic heterocycles. The van der Waals surface area contributed by atoms with E-state index in [0.717, 1.165) is 11.3 Å². The van der Waals surface area contributed by atoms with Gasteiger partial charge in [-0.05, 0) is 36.2 Å². The van der Waals surface area contributed by atoms with Crippen LogP contribution in [-0.2, 0) is 19.1 Å². The molecule has 9 nitrogen and oxygen atoms in total. The van der Waals surface area contributed by atoms with Crippen LogP contribution in [-0.4, -0.2) is 50.8 Å². The van der Waals surface area contributed by atoms with Crippen molar-refractivity contribution >= 4 is 29.6 Å². The van der Waals surface area contributed by atoms with E-state index in [-0.39, 0.29) is 19.1 Å². The Hall–Kier alpha value is -3.72. The highest BCUT2D eigenvalue weighted by atomic mass is 16.5. The van der Waals surface area contributed by atoms with Crippen LogP contribution >= 0.6 is 0 Å². The van der Waals surface area contributed by atoms with Gasteiger partial charge in [-0.1, -0.05) is 30.3 Å². The molecule has 0 saturated heterocycles. The SMILES string of the molecule is COCCNC(=O)C(=O)N/N=C\c1cccc(OCC(=O)Nc2ccccc2C)c1. The second kappa shape index (κ2) is 12.0. The van der Waals surface area contributed by atoms with Crippen molar-refractivity contribution in [1.82, 2.24) is 10.7 Å². The third kappa shape index (κ3) is 7.72. The van der Waals surface area contributed by atoms with Gasteiger partial charge in [-0.3, -0.25) is 14.4 Å². The highest BCUT2D eigenvalue weighted by Gasteiger charge is 2.11. The Balaban J connectivity index is 1.82. The summed E-state index contributed by atoms with van der Waals surface area (Å²) in [6.07, 6.45) is 1.36. The first kappa shape index (κ1) is 22.6. The number of carbonyl (C=O) groups is 3. The minimum absolute atomic E-state index is 0.159. The standard InChI is InChI=1S/C21H24N4O5/c1-15-6-3-4-9-18(15)24-19(26)14-30-17-8-5-7-16(12-17)13-23-25-21(28)20(27)22-10-11-29-2/h3-9,12-13H,10-11,14H2,1-2H3,(H,22,27)(H,24,26)(H,25,28)/b23-13-. The summed E-state index contributed by atoms with van der Waals surface area (Å²) in [5.41, 5.74) is 4.44. The highest BCUT2D eigenvalue weighted by Crippen LogP contribution is 2.14. The Morgan fingerprint density at radius 2 is 1.87 bits per heavy atom. The van der Waals surface area contributed by atoms with Crippen LogP contribution in [0.1, 0.15) is 11.1 Å². The number of hydrogen-bond acceptors (Lipinski definition) is 6. The molecular formula is C21H24N4O5. The topological polar surface area (TPSA) is 118 Å². The molecule has 0 aliphatic heterocycles. The molecule has 3 N–H and O–H groups in total. The number of hydrazone groups is 1. The summed E-state index contributed by atoms with van der Waals surface area (Å²) >= 11 is 0. The number of hydrogen-bond donors (Lipinski definition) is 3. The monoisotopic (exact) mass is 412 g/mol. The van der Waals surface area contributed by atoms with Gasteiger partial charge in [0.05, 0.1) is 12.8 Å². The van der Waals surface area contributed by atoms with Gasteiger partial charge in [-0.2, -0.15) is 5.10 Å². The van der Waals surface area contributed by atoms with Crippen LogP contribution in [0, 0.1) is 6.92 Å². The van der Waals surface area contributed by atoms with Gasteiger partial charge >= 0.3 is 11.8 Å². The normalized spacial score (nSPS) is 10.5. The van der Waals surface area contributed by atoms with E-state index in [4.69, 9.17) is 9.47 Å². The predicted octanol–water partition coefficient (Wildman–Crippen LogP) is 1.23. The molecule has 0 heterocycles. The van der Waals surface area contributed by atoms with E-state index >= 15 is 0 Å². The molecule has 0 atom stereocenters. The number of anilines is 1. The van der Waals surface area contributed by atoms with E-state index in [0.29, 0.717) is 17.9 Å². The summed E-state index contributed by atoms with van der Waals surface area (Å²) in [5.74, 6) is -1.51. The second-order valence-electron chi connectivity index (χ2n) is 6.17. The van der Waals surface area contributed by atoms with Crippen LogP contribution in [0.25, 0.3) is 0 Å². The van der Waals surface area contributed by atoms with Gasteiger partial charge in [0.2, 0.25) is 0 Å². The molecule has 30 heavy (non-hydrogen) atoms. The molecule has 2 aromatic carbocycles. The van der Waals surface area contributed by atoms with E-state index in [1.165, 1.54) is 13.3 Å². The van der Waals surface area contributed by atoms with E-state index < -0.39 is 11.8 Å². The number of methoxy groups -OCH3 is 1. The summed E-state index contributed by atoms with van der Waals surface area (Å²) in [6, 6.07) is 14.2. The number of rotatable bonds is 9. The Bertz CT molecular complexity index is 914. The van der Waals surface area contributed by atoms with Crippen molar-refractivity contribution in [2.75, 3.05) is 32.2 Å². The minimum Gasteiger partial charge on any atom is -0.484 e. The lowest BCUT2D eigenvalue weighted by Gasteiger charge is -2.09. The number of ether oxygens (including phenoxy) is 2. The quantitative estimate of drug-likeness (QED) is 0.248. The lowest BCUT2D eigenvalue weighted by molar-refractivity contribution is -0.139. The van der Waals surface area contributed by atoms with E-state index in [1.54, 1.807) is 24.3 Å². The van der Waals surface area contributed by atoms with E-state index in [1.807, 2.05) is 31.2 Å². The zero-order chi connectivity index (χ0) is 21.8. The van der Waals surface area contributed by atoms with Crippen LogP contribution in [0.3, 0.4) is 0 Å². The lowest BCUT2D eigenvalue weighted by Crippen LogP contribution is -2.39. The number of para-hydroxylation sites is 1. The molecule has 0 aliphatic rings. The first-order chi connectivity index (χ1) is 14.5. The van der Waals surface area contributed by atoms with Crippen LogP contribution in [0.5, 0.6) is 5.75 Å². The van der Waals surface area contributed by atoms with Crippen LogP contribution < -0.4 is 20.8 Å². The van der Waals surface area contributed by atoms with Crippen molar-refractivity contribution in [3.8, 4) is 5.75 Å². The van der Waals surface area contributed by atoms with E-state index in [9.17, 15) is 14.4 Å². The van der Waals surface area contributed by atoms with Gasteiger partial charge in [0.1, 0.15) is 5.75 Å². The van der Waals surface area contributed by atoms with Crippen molar-refractivity contribution < 1.29 is 23.9 Å². The zero-order valence-electron chi connectivity index (χ0n) is 16.8. The molecule has 0 spiro atoms. The maximum Gasteiger partial charge on any atom is 0.329 e.